The lowest BCUT2D eigenvalue weighted by Crippen LogP contribution is -2.59. The number of methoxy groups -OCH3 is 1. The van der Waals surface area contributed by atoms with Crippen molar-refractivity contribution in [3.63, 3.8) is 0 Å². The highest BCUT2D eigenvalue weighted by atomic mass is 19.3. The molecule has 0 radical (unpaired) electrons. The molecule has 1 aromatic carbocycles. The predicted octanol–water partition coefficient (Wildman–Crippen LogP) is 6.43. The third-order valence-corrected chi connectivity index (χ3v) is 12.1. The molecular weight excluding hydrogens is 740 g/mol. The third kappa shape index (κ3) is 7.26. The van der Waals surface area contributed by atoms with Gasteiger partial charge in [-0.3, -0.25) is 14.7 Å². The van der Waals surface area contributed by atoms with Gasteiger partial charge in [0, 0.05) is 69.3 Å². The Morgan fingerprint density at radius 1 is 1.02 bits per heavy atom. The quantitative estimate of drug-likeness (QED) is 0.206. The Labute approximate surface area is 329 Å². The Morgan fingerprint density at radius 2 is 1.79 bits per heavy atom. The van der Waals surface area contributed by atoms with E-state index in [1.807, 2.05) is 29.2 Å². The predicted molar refractivity (Wildman–Crippen MR) is 208 cm³/mol. The monoisotopic (exact) mass is 789 g/mol. The van der Waals surface area contributed by atoms with Crippen LogP contribution in [0.15, 0.2) is 42.7 Å². The lowest BCUT2D eigenvalue weighted by atomic mass is 9.68. The molecule has 4 aliphatic rings. The summed E-state index contributed by atoms with van der Waals surface area (Å²) in [5.41, 5.74) is 2.77. The van der Waals surface area contributed by atoms with Crippen LogP contribution in [0.4, 0.5) is 35.2 Å². The number of ether oxygens (including phenoxy) is 2. The maximum Gasteiger partial charge on any atom is 0.410 e. The van der Waals surface area contributed by atoms with Crippen LogP contribution in [0.5, 0.6) is 0 Å². The number of nitrogens with one attached hydrogen (secondary N) is 2. The van der Waals surface area contributed by atoms with Crippen LogP contribution in [-0.4, -0.2) is 112 Å². The van der Waals surface area contributed by atoms with Crippen molar-refractivity contribution in [1.82, 2.24) is 34.7 Å². The van der Waals surface area contributed by atoms with Crippen molar-refractivity contribution in [3.8, 4) is 11.3 Å². The van der Waals surface area contributed by atoms with Gasteiger partial charge in [0.1, 0.15) is 17.1 Å². The minimum atomic E-state index is -2.98. The summed E-state index contributed by atoms with van der Waals surface area (Å²) in [7, 11) is 3.42. The molecule has 2 N–H and O–H groups in total. The first-order chi connectivity index (χ1) is 27.2. The Balaban J connectivity index is 0.965. The maximum atomic E-state index is 16.0. The second-order valence-corrected chi connectivity index (χ2v) is 16.8. The molecule has 6 heterocycles. The topological polar surface area (TPSA) is 129 Å². The molecule has 3 aliphatic heterocycles. The molecule has 3 aromatic heterocycles. The lowest BCUT2D eigenvalue weighted by Gasteiger charge is -2.51. The first kappa shape index (κ1) is 38.9. The van der Waals surface area contributed by atoms with Crippen molar-refractivity contribution >= 4 is 34.8 Å². The number of piperidine rings is 2. The standard InChI is InChI=1S/C41H50F3N9O4/c1-39(2,3)57-38(55)51-17-13-40(14-18-51)12-16-50(24-41(40,43)44)23-25-19-28(42)35(46-21-25)27-7-6-8-31-26(27)11-15-52(31)34-20-30(45-4)36-47-22-32(53(36)49-34)37(54)48-29-9-10-33(29)56-5/h6-8,19-22,29,33,45H,9-18,23-24H2,1-5H3,(H,48,54)/t29-,33-/m1/s1. The van der Waals surface area contributed by atoms with Crippen LogP contribution in [0.25, 0.3) is 16.9 Å². The molecule has 1 aliphatic carbocycles. The van der Waals surface area contributed by atoms with Crippen molar-refractivity contribution in [2.24, 2.45) is 5.41 Å². The van der Waals surface area contributed by atoms with Crippen LogP contribution in [0.1, 0.15) is 74.5 Å². The molecular formula is C41H50F3N9O4. The number of benzene rings is 1. The summed E-state index contributed by atoms with van der Waals surface area (Å²) < 4.78 is 60.2. The Bertz CT molecular complexity index is 2180. The van der Waals surface area contributed by atoms with Gasteiger partial charge in [-0.2, -0.15) is 0 Å². The fourth-order valence-electron chi connectivity index (χ4n) is 8.78. The number of carbonyl (C=O) groups is 2. The van der Waals surface area contributed by atoms with Crippen molar-refractivity contribution in [2.75, 3.05) is 57.1 Å². The number of hydrogen-bond acceptors (Lipinski definition) is 10. The summed E-state index contributed by atoms with van der Waals surface area (Å²) in [5, 5.41) is 11.1. The highest BCUT2D eigenvalue weighted by molar-refractivity contribution is 5.94. The number of likely N-dealkylation sites (tertiary alicyclic amines) is 2. The molecule has 2 saturated heterocycles. The van der Waals surface area contributed by atoms with E-state index in [1.54, 1.807) is 50.5 Å². The van der Waals surface area contributed by atoms with Crippen LogP contribution in [0, 0.1) is 11.2 Å². The van der Waals surface area contributed by atoms with E-state index in [0.29, 0.717) is 53.5 Å². The number of hydrogen-bond donors (Lipinski definition) is 2. The summed E-state index contributed by atoms with van der Waals surface area (Å²) in [6.45, 7) is 6.50. The maximum absolute atomic E-state index is 16.0. The molecule has 3 fully saturated rings. The van der Waals surface area contributed by atoms with Gasteiger partial charge in [-0.1, -0.05) is 12.1 Å². The van der Waals surface area contributed by atoms with Crippen LogP contribution in [0.3, 0.4) is 0 Å². The average molecular weight is 790 g/mol. The molecule has 16 heteroatoms. The summed E-state index contributed by atoms with van der Waals surface area (Å²) in [5.74, 6) is -3.20. The van der Waals surface area contributed by atoms with Crippen LogP contribution in [0.2, 0.25) is 0 Å². The molecule has 2 atom stereocenters. The number of amides is 2. The van der Waals surface area contributed by atoms with Crippen LogP contribution in [-0.2, 0) is 22.4 Å². The number of imidazole rings is 1. The zero-order valence-corrected chi connectivity index (χ0v) is 33.1. The van der Waals surface area contributed by atoms with Gasteiger partial charge in [0.05, 0.1) is 30.6 Å². The van der Waals surface area contributed by atoms with Crippen molar-refractivity contribution in [1.29, 1.82) is 0 Å². The fraction of sp³-hybridized carbons (Fsp3) is 0.537. The Kier molecular flexibility index (Phi) is 10.1. The number of aromatic nitrogens is 4. The molecule has 0 bridgehead atoms. The smallest absolute Gasteiger partial charge is 0.410 e. The number of nitrogens with zero attached hydrogens (tertiary/aromatic N) is 7. The first-order valence-electron chi connectivity index (χ1n) is 19.7. The van der Waals surface area contributed by atoms with E-state index in [-0.39, 0.29) is 62.6 Å². The third-order valence-electron chi connectivity index (χ3n) is 12.1. The minimum Gasteiger partial charge on any atom is -0.444 e. The second-order valence-electron chi connectivity index (χ2n) is 16.8. The van der Waals surface area contributed by atoms with E-state index in [1.165, 1.54) is 17.2 Å². The zero-order valence-electron chi connectivity index (χ0n) is 33.1. The Hall–Kier alpha value is -4.96. The molecule has 57 heavy (non-hydrogen) atoms. The second kappa shape index (κ2) is 14.8. The molecule has 1 spiro atoms. The largest absolute Gasteiger partial charge is 0.444 e. The van der Waals surface area contributed by atoms with E-state index in [2.05, 4.69) is 20.6 Å². The average Bonchev–Trinajstić information content (AvgIpc) is 3.79. The minimum absolute atomic E-state index is 0.0183. The fourth-order valence-corrected chi connectivity index (χ4v) is 8.78. The Morgan fingerprint density at radius 3 is 2.46 bits per heavy atom. The van der Waals surface area contributed by atoms with Gasteiger partial charge in [0.25, 0.3) is 11.8 Å². The SMILES string of the molecule is CNc1cc(N2CCc3c(-c4ncc(CN5CCC6(CCN(C(=O)OC(C)(C)C)CC6)C(F)(F)C5)cc4F)cccc32)nn2c(C(=O)N[C@@H]3CC[C@H]3OC)cnc12. The van der Waals surface area contributed by atoms with E-state index in [9.17, 15) is 9.59 Å². The summed E-state index contributed by atoms with van der Waals surface area (Å²) >= 11 is 0. The number of pyridine rings is 1. The summed E-state index contributed by atoms with van der Waals surface area (Å²) in [6.07, 6.45) is 5.62. The van der Waals surface area contributed by atoms with E-state index in [4.69, 9.17) is 14.6 Å². The zero-order chi connectivity index (χ0) is 40.3. The molecule has 4 aromatic rings. The molecule has 0 unspecified atom stereocenters. The van der Waals surface area contributed by atoms with Crippen molar-refractivity contribution in [3.05, 3.63) is 65.4 Å². The van der Waals surface area contributed by atoms with Gasteiger partial charge in [0.15, 0.2) is 17.2 Å². The van der Waals surface area contributed by atoms with Gasteiger partial charge < -0.3 is 29.9 Å². The summed E-state index contributed by atoms with van der Waals surface area (Å²) in [6, 6.07) is 8.85. The molecule has 13 nitrogen and oxygen atoms in total. The number of fused-ring (bicyclic) bond motifs is 2. The summed E-state index contributed by atoms with van der Waals surface area (Å²) in [4.78, 5) is 40.2. The number of anilines is 3. The highest BCUT2D eigenvalue weighted by Gasteiger charge is 2.57. The molecule has 1 saturated carbocycles. The van der Waals surface area contributed by atoms with Crippen LogP contribution < -0.4 is 15.5 Å². The van der Waals surface area contributed by atoms with Gasteiger partial charge in [-0.25, -0.2) is 27.5 Å². The van der Waals surface area contributed by atoms with Crippen molar-refractivity contribution in [2.45, 2.75) is 89.5 Å². The first-order valence-corrected chi connectivity index (χ1v) is 19.7. The number of halogens is 3. The molecule has 304 valence electrons. The molecule has 8 rings (SSSR count). The lowest BCUT2D eigenvalue weighted by molar-refractivity contribution is -0.187. The number of carbonyl (C=O) groups excluding carboxylic acids is 2. The number of rotatable bonds is 8. The number of alkyl halides is 2. The van der Waals surface area contributed by atoms with Crippen LogP contribution >= 0.6 is 0 Å². The van der Waals surface area contributed by atoms with E-state index < -0.39 is 35.4 Å². The van der Waals surface area contributed by atoms with E-state index >= 15 is 13.2 Å². The molecule has 2 amide bonds. The van der Waals surface area contributed by atoms with Gasteiger partial charge in [-0.15, -0.1) is 5.10 Å². The highest BCUT2D eigenvalue weighted by Crippen LogP contribution is 2.51. The van der Waals surface area contributed by atoms with Gasteiger partial charge in [0.2, 0.25) is 0 Å². The van der Waals surface area contributed by atoms with Crippen molar-refractivity contribution < 1.29 is 32.2 Å². The van der Waals surface area contributed by atoms with Gasteiger partial charge >= 0.3 is 6.09 Å². The normalized spacial score (nSPS) is 21.7. The van der Waals surface area contributed by atoms with E-state index in [0.717, 1.165) is 24.1 Å². The van der Waals surface area contributed by atoms with Gasteiger partial charge in [-0.05, 0) is 89.1 Å².